The van der Waals surface area contributed by atoms with Gasteiger partial charge in [-0.25, -0.2) is 14.7 Å². The van der Waals surface area contributed by atoms with Crippen LogP contribution in [0.2, 0.25) is 0 Å². The summed E-state index contributed by atoms with van der Waals surface area (Å²) in [4.78, 5) is 30.2. The number of nitrogens with one attached hydrogen (secondary N) is 1. The van der Waals surface area contributed by atoms with Crippen molar-refractivity contribution in [1.29, 1.82) is 0 Å². The van der Waals surface area contributed by atoms with Crippen molar-refractivity contribution in [2.24, 2.45) is 0 Å². The number of fused-ring (bicyclic) bond motifs is 1. The predicted molar refractivity (Wildman–Crippen MR) is 104 cm³/mol. The Kier molecular flexibility index (Phi) is 4.06. The van der Waals surface area contributed by atoms with Gasteiger partial charge in [0.15, 0.2) is 0 Å². The normalized spacial score (nSPS) is 22.6. The maximum atomic E-state index is 12.6. The van der Waals surface area contributed by atoms with E-state index >= 15 is 0 Å². The van der Waals surface area contributed by atoms with Crippen LogP contribution in [-0.2, 0) is 10.2 Å². The lowest BCUT2D eigenvalue weighted by atomic mass is 9.87. The number of pyridine rings is 1. The van der Waals surface area contributed by atoms with Crippen LogP contribution in [0, 0.1) is 0 Å². The molecule has 0 aliphatic carbocycles. The number of urea groups is 1. The van der Waals surface area contributed by atoms with E-state index in [-0.39, 0.29) is 11.3 Å². The molecule has 0 saturated carbocycles. The molecule has 1 fully saturated rings. The highest BCUT2D eigenvalue weighted by molar-refractivity contribution is 6.23. The number of amides is 3. The highest BCUT2D eigenvalue weighted by Crippen LogP contribution is 2.41. The summed E-state index contributed by atoms with van der Waals surface area (Å²) in [5.41, 5.74) is 0.558. The minimum atomic E-state index is -0.883. The number of hydrogen-bond donors (Lipinski definition) is 1. The van der Waals surface area contributed by atoms with Gasteiger partial charge in [0.05, 0.1) is 18.5 Å². The summed E-state index contributed by atoms with van der Waals surface area (Å²) in [7, 11) is 0. The van der Waals surface area contributed by atoms with Gasteiger partial charge in [0, 0.05) is 17.0 Å². The van der Waals surface area contributed by atoms with Gasteiger partial charge in [-0.2, -0.15) is 0 Å². The lowest BCUT2D eigenvalue weighted by Gasteiger charge is -2.19. The van der Waals surface area contributed by atoms with Crippen LogP contribution in [0.3, 0.4) is 0 Å². The fourth-order valence-corrected chi connectivity index (χ4v) is 3.41. The van der Waals surface area contributed by atoms with Gasteiger partial charge < -0.3 is 14.8 Å². The zero-order valence-electron chi connectivity index (χ0n) is 16.4. The molecule has 146 valence electrons. The van der Waals surface area contributed by atoms with E-state index in [0.717, 1.165) is 16.2 Å². The molecule has 0 spiro atoms. The average Bonchev–Trinajstić information content (AvgIpc) is 3.09. The second-order valence-electron chi connectivity index (χ2n) is 8.04. The third-order valence-electron chi connectivity index (χ3n) is 5.44. The molecule has 7 heteroatoms. The molecule has 3 heterocycles. The first-order chi connectivity index (χ1) is 13.2. The molecule has 2 aromatic rings. The Morgan fingerprint density at radius 2 is 2.00 bits per heavy atom. The molecule has 0 bridgehead atoms. The summed E-state index contributed by atoms with van der Waals surface area (Å²) in [6, 6.07) is 8.55. The molecule has 3 amide bonds. The summed E-state index contributed by atoms with van der Waals surface area (Å²) < 4.78 is 11.6. The maximum absolute atomic E-state index is 12.6. The van der Waals surface area contributed by atoms with E-state index in [1.54, 1.807) is 19.1 Å². The minimum Gasteiger partial charge on any atom is -0.492 e. The lowest BCUT2D eigenvalue weighted by molar-refractivity contribution is -0.121. The first kappa shape index (κ1) is 18.3. The number of hydrogen-bond acceptors (Lipinski definition) is 5. The Morgan fingerprint density at radius 1 is 1.21 bits per heavy atom. The van der Waals surface area contributed by atoms with E-state index in [1.807, 2.05) is 25.1 Å². The number of imide groups is 1. The van der Waals surface area contributed by atoms with Crippen LogP contribution in [0.25, 0.3) is 0 Å². The number of nitrogens with zero attached hydrogens (tertiary/aromatic N) is 2. The fraction of sp³-hybridized carbons (Fsp3) is 0.381. The predicted octanol–water partition coefficient (Wildman–Crippen LogP) is 3.77. The highest BCUT2D eigenvalue weighted by atomic mass is 16.5. The monoisotopic (exact) mass is 381 g/mol. The van der Waals surface area contributed by atoms with Crippen molar-refractivity contribution in [3.8, 4) is 17.4 Å². The quantitative estimate of drug-likeness (QED) is 0.816. The summed E-state index contributed by atoms with van der Waals surface area (Å²) in [6.45, 7) is 8.47. The second-order valence-corrected chi connectivity index (χ2v) is 8.04. The zero-order chi connectivity index (χ0) is 20.1. The summed E-state index contributed by atoms with van der Waals surface area (Å²) in [5, 5.41) is 2.73. The molecule has 1 aromatic heterocycles. The molecule has 4 rings (SSSR count). The third-order valence-corrected chi connectivity index (χ3v) is 5.44. The third kappa shape index (κ3) is 2.87. The molecule has 0 radical (unpaired) electrons. The van der Waals surface area contributed by atoms with Crippen molar-refractivity contribution in [3.05, 3.63) is 42.1 Å². The number of aromatic nitrogens is 1. The lowest BCUT2D eigenvalue weighted by Crippen LogP contribution is -2.43. The van der Waals surface area contributed by atoms with Crippen molar-refractivity contribution in [2.45, 2.75) is 45.1 Å². The topological polar surface area (TPSA) is 80.8 Å². The average molecular weight is 381 g/mol. The number of anilines is 1. The first-order valence-electron chi connectivity index (χ1n) is 9.31. The van der Waals surface area contributed by atoms with E-state index in [2.05, 4.69) is 24.1 Å². The van der Waals surface area contributed by atoms with Crippen molar-refractivity contribution < 1.29 is 19.1 Å². The SMILES string of the molecule is CC[C@@]1(C)NC(=O)N(c2ccc(Oc3ccc4c(c3)C(C)(C)CO4)nc2)C1=O. The Balaban J connectivity index is 1.54. The maximum Gasteiger partial charge on any atom is 0.329 e. The van der Waals surface area contributed by atoms with Gasteiger partial charge in [0.1, 0.15) is 17.0 Å². The van der Waals surface area contributed by atoms with Crippen LogP contribution in [0.4, 0.5) is 10.5 Å². The molecule has 1 atom stereocenters. The smallest absolute Gasteiger partial charge is 0.329 e. The van der Waals surface area contributed by atoms with E-state index in [9.17, 15) is 9.59 Å². The summed E-state index contributed by atoms with van der Waals surface area (Å²) in [5.74, 6) is 1.63. The van der Waals surface area contributed by atoms with Crippen molar-refractivity contribution in [3.63, 3.8) is 0 Å². The van der Waals surface area contributed by atoms with Gasteiger partial charge >= 0.3 is 6.03 Å². The minimum absolute atomic E-state index is 0.0681. The van der Waals surface area contributed by atoms with Crippen LogP contribution >= 0.6 is 0 Å². The molecule has 7 nitrogen and oxygen atoms in total. The van der Waals surface area contributed by atoms with Gasteiger partial charge in [0.2, 0.25) is 5.88 Å². The molecule has 2 aliphatic heterocycles. The molecule has 1 aromatic carbocycles. The second kappa shape index (κ2) is 6.22. The zero-order valence-corrected chi connectivity index (χ0v) is 16.4. The van der Waals surface area contributed by atoms with Crippen molar-refractivity contribution in [1.82, 2.24) is 10.3 Å². The Morgan fingerprint density at radius 3 is 2.64 bits per heavy atom. The van der Waals surface area contributed by atoms with Gasteiger partial charge in [-0.3, -0.25) is 4.79 Å². The van der Waals surface area contributed by atoms with Gasteiger partial charge in [-0.15, -0.1) is 0 Å². The molecule has 0 unspecified atom stereocenters. The Hall–Kier alpha value is -3.09. The number of carbonyl (C=O) groups excluding carboxylic acids is 2. The molecule has 28 heavy (non-hydrogen) atoms. The van der Waals surface area contributed by atoms with Crippen LogP contribution < -0.4 is 19.7 Å². The molecular weight excluding hydrogens is 358 g/mol. The van der Waals surface area contributed by atoms with Crippen LogP contribution in [0.5, 0.6) is 17.4 Å². The Labute approximate surface area is 163 Å². The number of rotatable bonds is 4. The van der Waals surface area contributed by atoms with E-state index in [1.165, 1.54) is 6.20 Å². The van der Waals surface area contributed by atoms with Gasteiger partial charge in [0.25, 0.3) is 5.91 Å². The number of ether oxygens (including phenoxy) is 2. The summed E-state index contributed by atoms with van der Waals surface area (Å²) >= 11 is 0. The number of carbonyl (C=O) groups is 2. The highest BCUT2D eigenvalue weighted by Gasteiger charge is 2.47. The largest absolute Gasteiger partial charge is 0.492 e. The van der Waals surface area contributed by atoms with Crippen LogP contribution in [0.1, 0.15) is 39.7 Å². The van der Waals surface area contributed by atoms with Gasteiger partial charge in [-0.05, 0) is 37.6 Å². The summed E-state index contributed by atoms with van der Waals surface area (Å²) in [6.07, 6.45) is 1.98. The molecule has 1 N–H and O–H groups in total. The van der Waals surface area contributed by atoms with E-state index in [4.69, 9.17) is 9.47 Å². The molecular formula is C21H23N3O4. The molecule has 2 aliphatic rings. The Bertz CT molecular complexity index is 955. The van der Waals surface area contributed by atoms with Crippen LogP contribution in [-0.4, -0.2) is 29.1 Å². The fourth-order valence-electron chi connectivity index (χ4n) is 3.41. The number of benzene rings is 1. The van der Waals surface area contributed by atoms with E-state index < -0.39 is 11.6 Å². The first-order valence-corrected chi connectivity index (χ1v) is 9.31. The van der Waals surface area contributed by atoms with E-state index in [0.29, 0.717) is 30.3 Å². The van der Waals surface area contributed by atoms with Gasteiger partial charge in [-0.1, -0.05) is 20.8 Å². The molecule has 1 saturated heterocycles. The van der Waals surface area contributed by atoms with Crippen molar-refractivity contribution >= 4 is 17.6 Å². The standard InChI is InChI=1S/C21H23N3O4/c1-5-21(4)18(25)24(19(26)23-21)13-6-9-17(22-11-13)28-14-7-8-16-15(10-14)20(2,3)12-27-16/h6-11H,5,12H2,1-4H3,(H,23,26)/t21-/m1/s1. The van der Waals surface area contributed by atoms with Crippen LogP contribution in [0.15, 0.2) is 36.5 Å². The van der Waals surface area contributed by atoms with Crippen molar-refractivity contribution in [2.75, 3.05) is 11.5 Å².